The lowest BCUT2D eigenvalue weighted by atomic mass is 9.98. The predicted octanol–water partition coefficient (Wildman–Crippen LogP) is 0.620. The van der Waals surface area contributed by atoms with Gasteiger partial charge in [0.2, 0.25) is 0 Å². The highest BCUT2D eigenvalue weighted by atomic mass is 15.2. The molecule has 0 amide bonds. The van der Waals surface area contributed by atoms with Crippen molar-refractivity contribution < 1.29 is 0 Å². The summed E-state index contributed by atoms with van der Waals surface area (Å²) >= 11 is 0. The number of rotatable bonds is 2. The Morgan fingerprint density at radius 3 is 2.27 bits per heavy atom. The molecule has 2 unspecified atom stereocenters. The molecule has 2 heterocycles. The molecule has 0 spiro atoms. The van der Waals surface area contributed by atoms with E-state index in [1.54, 1.807) is 0 Å². The van der Waals surface area contributed by atoms with Gasteiger partial charge in [-0.2, -0.15) is 0 Å². The third-order valence-corrected chi connectivity index (χ3v) is 4.18. The standard InChI is InChI=1S/C12H25N3/c1-10-8-13-9-12(10)15-6-4-11(5-7-15)14(2)3/h10-13H,4-9H2,1-3H3. The van der Waals surface area contributed by atoms with Crippen LogP contribution in [0.4, 0.5) is 0 Å². The first-order valence-corrected chi connectivity index (χ1v) is 6.29. The Kier molecular flexibility index (Phi) is 3.65. The molecule has 15 heavy (non-hydrogen) atoms. The fraction of sp³-hybridized carbons (Fsp3) is 1.00. The van der Waals surface area contributed by atoms with E-state index >= 15 is 0 Å². The van der Waals surface area contributed by atoms with Gasteiger partial charge >= 0.3 is 0 Å². The van der Waals surface area contributed by atoms with Crippen molar-refractivity contribution in [2.45, 2.75) is 31.8 Å². The summed E-state index contributed by atoms with van der Waals surface area (Å²) in [5.41, 5.74) is 0. The quantitative estimate of drug-likeness (QED) is 0.722. The van der Waals surface area contributed by atoms with Gasteiger partial charge in [0.15, 0.2) is 0 Å². The lowest BCUT2D eigenvalue weighted by Crippen LogP contribution is -2.48. The highest BCUT2D eigenvalue weighted by molar-refractivity contribution is 4.89. The van der Waals surface area contributed by atoms with Crippen LogP contribution in [-0.2, 0) is 0 Å². The Bertz CT molecular complexity index is 197. The van der Waals surface area contributed by atoms with Crippen molar-refractivity contribution in [2.75, 3.05) is 40.3 Å². The molecule has 3 nitrogen and oxygen atoms in total. The summed E-state index contributed by atoms with van der Waals surface area (Å²) in [5, 5.41) is 3.50. The Labute approximate surface area is 93.8 Å². The number of likely N-dealkylation sites (tertiary alicyclic amines) is 1. The Morgan fingerprint density at radius 1 is 1.13 bits per heavy atom. The van der Waals surface area contributed by atoms with Crippen molar-refractivity contribution in [3.63, 3.8) is 0 Å². The van der Waals surface area contributed by atoms with E-state index in [2.05, 4.69) is 36.1 Å². The molecule has 88 valence electrons. The van der Waals surface area contributed by atoms with Crippen LogP contribution in [0.2, 0.25) is 0 Å². The Hall–Kier alpha value is -0.120. The van der Waals surface area contributed by atoms with Crippen molar-refractivity contribution in [3.8, 4) is 0 Å². The molecule has 0 bridgehead atoms. The second kappa shape index (κ2) is 4.81. The van der Waals surface area contributed by atoms with Crippen LogP contribution in [0.5, 0.6) is 0 Å². The van der Waals surface area contributed by atoms with E-state index in [9.17, 15) is 0 Å². The summed E-state index contributed by atoms with van der Waals surface area (Å²) in [6.45, 7) is 7.37. The topological polar surface area (TPSA) is 18.5 Å². The van der Waals surface area contributed by atoms with E-state index < -0.39 is 0 Å². The number of nitrogens with one attached hydrogen (secondary N) is 1. The van der Waals surface area contributed by atoms with Crippen molar-refractivity contribution in [2.24, 2.45) is 5.92 Å². The lowest BCUT2D eigenvalue weighted by molar-refractivity contribution is 0.100. The molecular formula is C12H25N3. The van der Waals surface area contributed by atoms with Gasteiger partial charge < -0.3 is 10.2 Å². The van der Waals surface area contributed by atoms with E-state index in [0.29, 0.717) is 0 Å². The highest BCUT2D eigenvalue weighted by Gasteiger charge is 2.31. The molecular weight excluding hydrogens is 186 g/mol. The molecule has 2 saturated heterocycles. The lowest BCUT2D eigenvalue weighted by Gasteiger charge is -2.39. The largest absolute Gasteiger partial charge is 0.315 e. The molecule has 2 fully saturated rings. The van der Waals surface area contributed by atoms with Crippen LogP contribution < -0.4 is 5.32 Å². The first kappa shape index (κ1) is 11.4. The molecule has 3 heteroatoms. The molecule has 0 aromatic heterocycles. The minimum absolute atomic E-state index is 0.799. The monoisotopic (exact) mass is 211 g/mol. The number of hydrogen-bond acceptors (Lipinski definition) is 3. The summed E-state index contributed by atoms with van der Waals surface area (Å²) in [6, 6.07) is 1.61. The molecule has 0 aromatic rings. The SMILES string of the molecule is CC1CNCC1N1CCC(N(C)C)CC1. The number of piperidine rings is 1. The second-order valence-corrected chi connectivity index (χ2v) is 5.43. The van der Waals surface area contributed by atoms with Gasteiger partial charge in [-0.25, -0.2) is 0 Å². The highest BCUT2D eigenvalue weighted by Crippen LogP contribution is 2.21. The second-order valence-electron chi connectivity index (χ2n) is 5.43. The molecule has 2 atom stereocenters. The summed E-state index contributed by atoms with van der Waals surface area (Å²) < 4.78 is 0. The fourth-order valence-corrected chi connectivity index (χ4v) is 3.02. The number of hydrogen-bond donors (Lipinski definition) is 1. The first-order valence-electron chi connectivity index (χ1n) is 6.29. The third-order valence-electron chi connectivity index (χ3n) is 4.18. The molecule has 0 aliphatic carbocycles. The van der Waals surface area contributed by atoms with Crippen molar-refractivity contribution >= 4 is 0 Å². The average Bonchev–Trinajstić information content (AvgIpc) is 2.65. The zero-order valence-electron chi connectivity index (χ0n) is 10.4. The van der Waals surface area contributed by atoms with Crippen molar-refractivity contribution in [1.29, 1.82) is 0 Å². The minimum Gasteiger partial charge on any atom is -0.315 e. The molecule has 2 aliphatic heterocycles. The summed E-state index contributed by atoms with van der Waals surface area (Å²) in [5.74, 6) is 0.834. The maximum atomic E-state index is 3.50. The molecule has 0 saturated carbocycles. The van der Waals surface area contributed by atoms with E-state index in [-0.39, 0.29) is 0 Å². The van der Waals surface area contributed by atoms with Crippen LogP contribution in [0.25, 0.3) is 0 Å². The Balaban J connectivity index is 1.82. The van der Waals surface area contributed by atoms with Gasteiger partial charge in [0.05, 0.1) is 0 Å². The van der Waals surface area contributed by atoms with Crippen LogP contribution in [0.3, 0.4) is 0 Å². The van der Waals surface area contributed by atoms with Crippen LogP contribution in [-0.4, -0.2) is 62.2 Å². The minimum atomic E-state index is 0.799. The average molecular weight is 211 g/mol. The smallest absolute Gasteiger partial charge is 0.0258 e. The third kappa shape index (κ3) is 2.52. The van der Waals surface area contributed by atoms with Crippen LogP contribution in [0.15, 0.2) is 0 Å². The molecule has 0 aromatic carbocycles. The van der Waals surface area contributed by atoms with Crippen molar-refractivity contribution in [1.82, 2.24) is 15.1 Å². The summed E-state index contributed by atoms with van der Waals surface area (Å²) in [7, 11) is 4.42. The first-order chi connectivity index (χ1) is 7.18. The van der Waals surface area contributed by atoms with Gasteiger partial charge in [0, 0.05) is 18.6 Å². The van der Waals surface area contributed by atoms with Gasteiger partial charge in [-0.3, -0.25) is 4.90 Å². The zero-order chi connectivity index (χ0) is 10.8. The van der Waals surface area contributed by atoms with Crippen molar-refractivity contribution in [3.05, 3.63) is 0 Å². The van der Waals surface area contributed by atoms with Gasteiger partial charge in [-0.1, -0.05) is 6.92 Å². The van der Waals surface area contributed by atoms with Gasteiger partial charge in [0.25, 0.3) is 0 Å². The van der Waals surface area contributed by atoms with E-state index in [1.165, 1.54) is 39.0 Å². The summed E-state index contributed by atoms with van der Waals surface area (Å²) in [6.07, 6.45) is 2.69. The zero-order valence-corrected chi connectivity index (χ0v) is 10.4. The van der Waals surface area contributed by atoms with Gasteiger partial charge in [-0.05, 0) is 52.5 Å². The maximum absolute atomic E-state index is 3.50. The van der Waals surface area contributed by atoms with E-state index in [0.717, 1.165) is 18.0 Å². The molecule has 0 radical (unpaired) electrons. The molecule has 1 N–H and O–H groups in total. The Morgan fingerprint density at radius 2 is 1.80 bits per heavy atom. The predicted molar refractivity (Wildman–Crippen MR) is 64.1 cm³/mol. The van der Waals surface area contributed by atoms with E-state index in [1.807, 2.05) is 0 Å². The van der Waals surface area contributed by atoms with Gasteiger partial charge in [-0.15, -0.1) is 0 Å². The maximum Gasteiger partial charge on any atom is 0.0258 e. The fourth-order valence-electron chi connectivity index (χ4n) is 3.02. The summed E-state index contributed by atoms with van der Waals surface area (Å²) in [4.78, 5) is 5.08. The van der Waals surface area contributed by atoms with Crippen LogP contribution in [0, 0.1) is 5.92 Å². The van der Waals surface area contributed by atoms with Crippen LogP contribution >= 0.6 is 0 Å². The molecule has 2 rings (SSSR count). The normalized spacial score (nSPS) is 35.2. The number of nitrogens with zero attached hydrogens (tertiary/aromatic N) is 2. The van der Waals surface area contributed by atoms with Crippen LogP contribution in [0.1, 0.15) is 19.8 Å². The van der Waals surface area contributed by atoms with Gasteiger partial charge in [0.1, 0.15) is 0 Å². The molecule has 2 aliphatic rings. The van der Waals surface area contributed by atoms with E-state index in [4.69, 9.17) is 0 Å².